The number of hydrogen-bond acceptors (Lipinski definition) is 5. The largest absolute Gasteiger partial charge is 0.481 e. The molecule has 94 valence electrons. The fraction of sp³-hybridized carbons (Fsp3) is 0.636. The summed E-state index contributed by atoms with van der Waals surface area (Å²) < 4.78 is 0. The smallest absolute Gasteiger partial charge is 0.304 e. The van der Waals surface area contributed by atoms with Crippen molar-refractivity contribution in [2.75, 3.05) is 32.7 Å². The van der Waals surface area contributed by atoms with E-state index in [0.717, 1.165) is 38.4 Å². The van der Waals surface area contributed by atoms with Crippen LogP contribution in [0.3, 0.4) is 0 Å². The fourth-order valence-electron chi connectivity index (χ4n) is 1.97. The molecule has 0 aromatic carbocycles. The summed E-state index contributed by atoms with van der Waals surface area (Å²) in [5.41, 5.74) is 2.99. The number of carboxylic acids is 1. The molecule has 0 spiro atoms. The number of rotatable bonds is 5. The van der Waals surface area contributed by atoms with E-state index in [2.05, 4.69) is 20.2 Å². The highest BCUT2D eigenvalue weighted by Crippen LogP contribution is 2.09. The minimum atomic E-state index is -0.713. The molecule has 0 amide bonds. The first-order valence-electron chi connectivity index (χ1n) is 5.77. The predicted molar refractivity (Wildman–Crippen MR) is 66.1 cm³/mol. The number of aromatic nitrogens is 1. The second-order valence-electron chi connectivity index (χ2n) is 4.24. The van der Waals surface area contributed by atoms with Crippen LogP contribution in [0.5, 0.6) is 0 Å². The first kappa shape index (κ1) is 12.5. The van der Waals surface area contributed by atoms with Gasteiger partial charge in [0.25, 0.3) is 0 Å². The number of carbonyl (C=O) groups is 1. The van der Waals surface area contributed by atoms with Gasteiger partial charge in [0.2, 0.25) is 0 Å². The van der Waals surface area contributed by atoms with E-state index in [1.165, 1.54) is 0 Å². The van der Waals surface area contributed by atoms with Gasteiger partial charge in [-0.3, -0.25) is 9.69 Å². The predicted octanol–water partition coefficient (Wildman–Crippen LogP) is 0.735. The van der Waals surface area contributed by atoms with E-state index in [-0.39, 0.29) is 6.42 Å². The van der Waals surface area contributed by atoms with Gasteiger partial charge < -0.3 is 10.0 Å². The lowest BCUT2D eigenvalue weighted by atomic mass is 10.2. The summed E-state index contributed by atoms with van der Waals surface area (Å²) in [5.74, 6) is -0.713. The molecule has 0 aliphatic carbocycles. The standard InChI is InChI=1S/C11H17N3O2S/c15-11(16)1-2-13-3-5-14(6-4-13)7-10-8-17-9-12-10/h8-9H,1-7H2,(H,15,16). The van der Waals surface area contributed by atoms with Gasteiger partial charge in [0.15, 0.2) is 0 Å². The van der Waals surface area contributed by atoms with Crippen LogP contribution < -0.4 is 0 Å². The molecular weight excluding hydrogens is 238 g/mol. The van der Waals surface area contributed by atoms with Gasteiger partial charge in [0.05, 0.1) is 17.6 Å². The molecule has 2 rings (SSSR count). The molecule has 1 saturated heterocycles. The Bertz CT molecular complexity index is 348. The minimum absolute atomic E-state index is 0.242. The van der Waals surface area contributed by atoms with Crippen molar-refractivity contribution in [1.29, 1.82) is 0 Å². The molecule has 1 aromatic heterocycles. The molecule has 1 aromatic rings. The van der Waals surface area contributed by atoms with Crippen molar-refractivity contribution in [3.8, 4) is 0 Å². The molecule has 17 heavy (non-hydrogen) atoms. The molecule has 6 heteroatoms. The Balaban J connectivity index is 1.69. The van der Waals surface area contributed by atoms with Gasteiger partial charge in [0, 0.05) is 44.6 Å². The van der Waals surface area contributed by atoms with Crippen molar-refractivity contribution in [1.82, 2.24) is 14.8 Å². The summed E-state index contributed by atoms with van der Waals surface area (Å²) in [5, 5.41) is 10.7. The maximum absolute atomic E-state index is 10.5. The summed E-state index contributed by atoms with van der Waals surface area (Å²) in [6.07, 6.45) is 0.242. The van der Waals surface area contributed by atoms with E-state index < -0.39 is 5.97 Å². The molecule has 1 aliphatic heterocycles. The SMILES string of the molecule is O=C(O)CCN1CCN(Cc2cscn2)CC1. The van der Waals surface area contributed by atoms with Gasteiger partial charge in [0.1, 0.15) is 0 Å². The third-order valence-electron chi connectivity index (χ3n) is 2.98. The average Bonchev–Trinajstić information content (AvgIpc) is 2.81. The summed E-state index contributed by atoms with van der Waals surface area (Å²) in [6.45, 7) is 5.49. The maximum Gasteiger partial charge on any atom is 0.304 e. The van der Waals surface area contributed by atoms with E-state index in [4.69, 9.17) is 5.11 Å². The number of thiazole rings is 1. The molecule has 0 radical (unpaired) electrons. The first-order valence-corrected chi connectivity index (χ1v) is 6.72. The van der Waals surface area contributed by atoms with E-state index >= 15 is 0 Å². The summed E-state index contributed by atoms with van der Waals surface area (Å²) in [4.78, 5) is 19.3. The number of nitrogens with zero attached hydrogens (tertiary/aromatic N) is 3. The van der Waals surface area contributed by atoms with E-state index in [1.807, 2.05) is 5.51 Å². The third-order valence-corrected chi connectivity index (χ3v) is 3.61. The molecule has 0 atom stereocenters. The topological polar surface area (TPSA) is 56.7 Å². The quantitative estimate of drug-likeness (QED) is 0.841. The number of aliphatic carboxylic acids is 1. The molecule has 0 saturated carbocycles. The summed E-state index contributed by atoms with van der Waals surface area (Å²) >= 11 is 1.63. The number of piperazine rings is 1. The van der Waals surface area contributed by atoms with Crippen LogP contribution in [0.1, 0.15) is 12.1 Å². The summed E-state index contributed by atoms with van der Waals surface area (Å²) in [6, 6.07) is 0. The highest BCUT2D eigenvalue weighted by molar-refractivity contribution is 7.07. The zero-order valence-electron chi connectivity index (χ0n) is 9.71. The van der Waals surface area contributed by atoms with Crippen LogP contribution >= 0.6 is 11.3 Å². The molecule has 1 aliphatic rings. The van der Waals surface area contributed by atoms with Crippen molar-refractivity contribution in [2.24, 2.45) is 0 Å². The number of carboxylic acid groups (broad SMARTS) is 1. The fourth-order valence-corrected chi connectivity index (χ4v) is 2.52. The zero-order chi connectivity index (χ0) is 12.1. The van der Waals surface area contributed by atoms with Crippen LogP contribution in [0.15, 0.2) is 10.9 Å². The second-order valence-corrected chi connectivity index (χ2v) is 4.96. The lowest BCUT2D eigenvalue weighted by Gasteiger charge is -2.33. The van der Waals surface area contributed by atoms with Gasteiger partial charge >= 0.3 is 5.97 Å². The molecule has 2 heterocycles. The highest BCUT2D eigenvalue weighted by Gasteiger charge is 2.17. The Hall–Kier alpha value is -0.980. The Morgan fingerprint density at radius 1 is 1.35 bits per heavy atom. The Morgan fingerprint density at radius 2 is 2.06 bits per heavy atom. The Kier molecular flexibility index (Phi) is 4.47. The third kappa shape index (κ3) is 4.07. The monoisotopic (exact) mass is 255 g/mol. The van der Waals surface area contributed by atoms with Crippen molar-refractivity contribution >= 4 is 17.3 Å². The molecular formula is C11H17N3O2S. The van der Waals surface area contributed by atoms with Crippen LogP contribution in [-0.4, -0.2) is 58.6 Å². The van der Waals surface area contributed by atoms with E-state index in [1.54, 1.807) is 11.3 Å². The molecule has 5 nitrogen and oxygen atoms in total. The van der Waals surface area contributed by atoms with Crippen LogP contribution in [0, 0.1) is 0 Å². The molecule has 0 unspecified atom stereocenters. The minimum Gasteiger partial charge on any atom is -0.481 e. The average molecular weight is 255 g/mol. The lowest BCUT2D eigenvalue weighted by molar-refractivity contribution is -0.137. The molecule has 1 fully saturated rings. The van der Waals surface area contributed by atoms with Crippen LogP contribution in [0.2, 0.25) is 0 Å². The zero-order valence-corrected chi connectivity index (χ0v) is 10.5. The normalized spacial score (nSPS) is 18.4. The van der Waals surface area contributed by atoms with Crippen LogP contribution in [-0.2, 0) is 11.3 Å². The van der Waals surface area contributed by atoms with Gasteiger partial charge in [-0.2, -0.15) is 0 Å². The van der Waals surface area contributed by atoms with Crippen molar-refractivity contribution < 1.29 is 9.90 Å². The lowest BCUT2D eigenvalue weighted by Crippen LogP contribution is -2.46. The van der Waals surface area contributed by atoms with E-state index in [9.17, 15) is 4.79 Å². The van der Waals surface area contributed by atoms with Gasteiger partial charge in [-0.1, -0.05) is 0 Å². The maximum atomic E-state index is 10.5. The molecule has 1 N–H and O–H groups in total. The van der Waals surface area contributed by atoms with Crippen molar-refractivity contribution in [3.63, 3.8) is 0 Å². The summed E-state index contributed by atoms with van der Waals surface area (Å²) in [7, 11) is 0. The highest BCUT2D eigenvalue weighted by atomic mass is 32.1. The first-order chi connectivity index (χ1) is 8.24. The van der Waals surface area contributed by atoms with E-state index in [0.29, 0.717) is 6.54 Å². The van der Waals surface area contributed by atoms with Gasteiger partial charge in [-0.05, 0) is 0 Å². The van der Waals surface area contributed by atoms with Crippen LogP contribution in [0.4, 0.5) is 0 Å². The number of hydrogen-bond donors (Lipinski definition) is 1. The van der Waals surface area contributed by atoms with Gasteiger partial charge in [-0.25, -0.2) is 4.98 Å². The van der Waals surface area contributed by atoms with Crippen molar-refractivity contribution in [2.45, 2.75) is 13.0 Å². The van der Waals surface area contributed by atoms with Crippen LogP contribution in [0.25, 0.3) is 0 Å². The van der Waals surface area contributed by atoms with Gasteiger partial charge in [-0.15, -0.1) is 11.3 Å². The van der Waals surface area contributed by atoms with Crippen molar-refractivity contribution in [3.05, 3.63) is 16.6 Å². The Morgan fingerprint density at radius 3 is 2.65 bits per heavy atom. The Labute approximate surface area is 105 Å². The molecule has 0 bridgehead atoms. The second kappa shape index (κ2) is 6.09.